The van der Waals surface area contributed by atoms with Gasteiger partial charge in [-0.2, -0.15) is 13.2 Å². The molecule has 0 amide bonds. The summed E-state index contributed by atoms with van der Waals surface area (Å²) in [6.07, 6.45) is -4.41. The molecule has 0 unspecified atom stereocenters. The zero-order chi connectivity index (χ0) is 11.9. The number of aryl methyl sites for hydroxylation is 1. The predicted molar refractivity (Wildman–Crippen MR) is 50.5 cm³/mol. The summed E-state index contributed by atoms with van der Waals surface area (Å²) in [5.41, 5.74) is -1.02. The average Bonchev–Trinajstić information content (AvgIpc) is 1.99. The first-order valence-electron chi connectivity index (χ1n) is 4.54. The highest BCUT2D eigenvalue weighted by molar-refractivity contribution is 5.16. The monoisotopic (exact) mass is 218 g/mol. The van der Waals surface area contributed by atoms with Crippen LogP contribution in [0.5, 0.6) is 0 Å². The van der Waals surface area contributed by atoms with Gasteiger partial charge < -0.3 is 0 Å². The van der Waals surface area contributed by atoms with E-state index in [1.807, 2.05) is 0 Å². The molecule has 1 aromatic heterocycles. The van der Waals surface area contributed by atoms with Crippen molar-refractivity contribution in [3.63, 3.8) is 0 Å². The van der Waals surface area contributed by atoms with E-state index in [-0.39, 0.29) is 5.82 Å². The Hall–Kier alpha value is -1.13. The molecule has 5 heteroatoms. The third-order valence-electron chi connectivity index (χ3n) is 1.82. The highest BCUT2D eigenvalue weighted by Gasteiger charge is 2.34. The standard InChI is InChI=1S/C10H13F3N2/c1-6-5-7(10(11,12)13)15-8(14-6)9(2,3)4/h5H,1-4H3. The van der Waals surface area contributed by atoms with Gasteiger partial charge >= 0.3 is 6.18 Å². The smallest absolute Gasteiger partial charge is 0.238 e. The summed E-state index contributed by atoms with van der Waals surface area (Å²) < 4.78 is 37.3. The largest absolute Gasteiger partial charge is 0.433 e. The van der Waals surface area contributed by atoms with Crippen LogP contribution in [0.1, 0.15) is 38.0 Å². The molecular weight excluding hydrogens is 205 g/mol. The number of hydrogen-bond acceptors (Lipinski definition) is 2. The SMILES string of the molecule is Cc1cc(C(F)(F)F)nc(C(C)(C)C)n1. The van der Waals surface area contributed by atoms with Gasteiger partial charge in [0.2, 0.25) is 0 Å². The van der Waals surface area contributed by atoms with Gasteiger partial charge in [0, 0.05) is 11.1 Å². The molecule has 0 bridgehead atoms. The third kappa shape index (κ3) is 2.91. The van der Waals surface area contributed by atoms with Crippen molar-refractivity contribution in [2.45, 2.75) is 39.3 Å². The maximum atomic E-state index is 12.4. The minimum Gasteiger partial charge on any atom is -0.238 e. The fourth-order valence-electron chi connectivity index (χ4n) is 1.05. The lowest BCUT2D eigenvalue weighted by Crippen LogP contribution is -2.20. The van der Waals surface area contributed by atoms with E-state index in [1.165, 1.54) is 6.92 Å². The highest BCUT2D eigenvalue weighted by atomic mass is 19.4. The number of rotatable bonds is 0. The Morgan fingerprint density at radius 2 is 1.60 bits per heavy atom. The molecule has 0 spiro atoms. The summed E-state index contributed by atoms with van der Waals surface area (Å²) in [4.78, 5) is 7.55. The van der Waals surface area contributed by atoms with Crippen LogP contribution in [0.15, 0.2) is 6.07 Å². The first kappa shape index (κ1) is 11.9. The molecular formula is C10H13F3N2. The Kier molecular flexibility index (Phi) is 2.76. The molecule has 0 aliphatic rings. The molecule has 0 fully saturated rings. The van der Waals surface area contributed by atoms with Crippen molar-refractivity contribution in [2.24, 2.45) is 0 Å². The van der Waals surface area contributed by atoms with Crippen LogP contribution in [-0.4, -0.2) is 9.97 Å². The number of aromatic nitrogens is 2. The normalized spacial score (nSPS) is 13.0. The van der Waals surface area contributed by atoms with Crippen molar-refractivity contribution in [1.29, 1.82) is 0 Å². The summed E-state index contributed by atoms with van der Waals surface area (Å²) in [6.45, 7) is 6.87. The van der Waals surface area contributed by atoms with Crippen molar-refractivity contribution in [2.75, 3.05) is 0 Å². The maximum Gasteiger partial charge on any atom is 0.433 e. The molecule has 0 radical (unpaired) electrons. The van der Waals surface area contributed by atoms with E-state index in [9.17, 15) is 13.2 Å². The van der Waals surface area contributed by atoms with Crippen LogP contribution in [-0.2, 0) is 11.6 Å². The third-order valence-corrected chi connectivity index (χ3v) is 1.82. The second-order valence-electron chi connectivity index (χ2n) is 4.47. The van der Waals surface area contributed by atoms with E-state index < -0.39 is 17.3 Å². The molecule has 1 aromatic rings. The van der Waals surface area contributed by atoms with Gasteiger partial charge in [-0.25, -0.2) is 9.97 Å². The fourth-order valence-corrected chi connectivity index (χ4v) is 1.05. The molecule has 1 heterocycles. The van der Waals surface area contributed by atoms with Gasteiger partial charge in [-0.05, 0) is 13.0 Å². The van der Waals surface area contributed by atoms with Crippen molar-refractivity contribution < 1.29 is 13.2 Å². The lowest BCUT2D eigenvalue weighted by Gasteiger charge is -2.18. The molecule has 2 nitrogen and oxygen atoms in total. The summed E-state index contributed by atoms with van der Waals surface area (Å²) in [6, 6.07) is 0.954. The number of hydrogen-bond donors (Lipinski definition) is 0. The second kappa shape index (κ2) is 3.47. The van der Waals surface area contributed by atoms with Gasteiger partial charge in [0.25, 0.3) is 0 Å². The van der Waals surface area contributed by atoms with Gasteiger partial charge in [0.1, 0.15) is 11.5 Å². The molecule has 15 heavy (non-hydrogen) atoms. The van der Waals surface area contributed by atoms with E-state index in [4.69, 9.17) is 0 Å². The summed E-state index contributed by atoms with van der Waals surface area (Å²) in [5.74, 6) is 0.217. The molecule has 0 saturated carbocycles. The summed E-state index contributed by atoms with van der Waals surface area (Å²) >= 11 is 0. The first-order chi connectivity index (χ1) is 6.60. The summed E-state index contributed by atoms with van der Waals surface area (Å²) in [5, 5.41) is 0. The van der Waals surface area contributed by atoms with Crippen LogP contribution >= 0.6 is 0 Å². The Morgan fingerprint density at radius 3 is 2.00 bits per heavy atom. The van der Waals surface area contributed by atoms with Crippen LogP contribution in [0.2, 0.25) is 0 Å². The van der Waals surface area contributed by atoms with Crippen LogP contribution in [0, 0.1) is 6.92 Å². The van der Waals surface area contributed by atoms with Crippen molar-refractivity contribution in [1.82, 2.24) is 9.97 Å². The van der Waals surface area contributed by atoms with E-state index >= 15 is 0 Å². The number of nitrogens with zero attached hydrogens (tertiary/aromatic N) is 2. The molecule has 84 valence electrons. The Morgan fingerprint density at radius 1 is 1.07 bits per heavy atom. The molecule has 1 rings (SSSR count). The quantitative estimate of drug-likeness (QED) is 0.668. The van der Waals surface area contributed by atoms with E-state index in [1.54, 1.807) is 20.8 Å². The summed E-state index contributed by atoms with van der Waals surface area (Å²) in [7, 11) is 0. The molecule has 0 aliphatic heterocycles. The van der Waals surface area contributed by atoms with Gasteiger partial charge in [-0.1, -0.05) is 20.8 Å². The zero-order valence-electron chi connectivity index (χ0n) is 9.11. The van der Waals surface area contributed by atoms with Gasteiger partial charge in [0.05, 0.1) is 0 Å². The molecule has 0 saturated heterocycles. The van der Waals surface area contributed by atoms with Crippen molar-refractivity contribution in [3.05, 3.63) is 23.3 Å². The molecule has 0 aliphatic carbocycles. The maximum absolute atomic E-state index is 12.4. The van der Waals surface area contributed by atoms with Crippen LogP contribution < -0.4 is 0 Å². The zero-order valence-corrected chi connectivity index (χ0v) is 9.11. The van der Waals surface area contributed by atoms with Gasteiger partial charge in [0.15, 0.2) is 0 Å². The number of halogens is 3. The minimum absolute atomic E-state index is 0.217. The Bertz CT molecular complexity index is 332. The molecule has 0 atom stereocenters. The van der Waals surface area contributed by atoms with Crippen LogP contribution in [0.3, 0.4) is 0 Å². The highest BCUT2D eigenvalue weighted by Crippen LogP contribution is 2.29. The van der Waals surface area contributed by atoms with E-state index in [0.717, 1.165) is 6.07 Å². The number of alkyl halides is 3. The van der Waals surface area contributed by atoms with Crippen molar-refractivity contribution in [3.8, 4) is 0 Å². The lowest BCUT2D eigenvalue weighted by atomic mass is 9.95. The van der Waals surface area contributed by atoms with Crippen LogP contribution in [0.25, 0.3) is 0 Å². The Balaban J connectivity index is 3.30. The topological polar surface area (TPSA) is 25.8 Å². The van der Waals surface area contributed by atoms with Crippen molar-refractivity contribution >= 4 is 0 Å². The fraction of sp³-hybridized carbons (Fsp3) is 0.600. The minimum atomic E-state index is -4.41. The van der Waals surface area contributed by atoms with Gasteiger partial charge in [-0.3, -0.25) is 0 Å². The Labute approximate surface area is 86.6 Å². The van der Waals surface area contributed by atoms with E-state index in [0.29, 0.717) is 5.69 Å². The van der Waals surface area contributed by atoms with E-state index in [2.05, 4.69) is 9.97 Å². The van der Waals surface area contributed by atoms with Gasteiger partial charge in [-0.15, -0.1) is 0 Å². The second-order valence-corrected chi connectivity index (χ2v) is 4.47. The van der Waals surface area contributed by atoms with Crippen LogP contribution in [0.4, 0.5) is 13.2 Å². The average molecular weight is 218 g/mol. The first-order valence-corrected chi connectivity index (χ1v) is 4.54. The predicted octanol–water partition coefficient (Wildman–Crippen LogP) is 3.10. The lowest BCUT2D eigenvalue weighted by molar-refractivity contribution is -0.141. The molecule has 0 N–H and O–H groups in total. The molecule has 0 aromatic carbocycles.